The summed E-state index contributed by atoms with van der Waals surface area (Å²) < 4.78 is 11.3. The molecule has 7 atom stereocenters. The minimum Gasteiger partial charge on any atom is -0.394 e. The van der Waals surface area contributed by atoms with Gasteiger partial charge in [0.1, 0.15) is 24.4 Å². The molecule has 1 aliphatic rings. The molecule has 0 spiro atoms. The lowest BCUT2D eigenvalue weighted by Crippen LogP contribution is -2.60. The maximum absolute atomic E-state index is 13.1. The van der Waals surface area contributed by atoms with E-state index in [0.29, 0.717) is 12.8 Å². The van der Waals surface area contributed by atoms with E-state index in [9.17, 15) is 30.3 Å². The third kappa shape index (κ3) is 34.9. The molecule has 0 aromatic rings. The average Bonchev–Trinajstić information content (AvgIpc) is 3.29. The van der Waals surface area contributed by atoms with Crippen LogP contribution in [0.5, 0.6) is 0 Å². The first-order valence-electron chi connectivity index (χ1n) is 27.5. The fourth-order valence-electron chi connectivity index (χ4n) is 8.90. The molecule has 7 unspecified atom stereocenters. The zero-order valence-electron chi connectivity index (χ0n) is 41.8. The van der Waals surface area contributed by atoms with Crippen LogP contribution in [0.4, 0.5) is 0 Å². The standard InChI is InChI=1S/C55H105NO8/c1-3-5-7-9-11-13-15-17-19-21-23-25-27-29-31-33-35-37-39-41-43-45-51(59)56-48(47-63-55-54(62)53(61)52(60)50(46-57)64-55)49(58)44-42-40-38-36-34-32-30-28-26-24-22-20-18-16-14-12-10-8-6-4-2/h15,17,21,23,48-50,52-55,57-58,60-62H,3-14,16,18-20,22,24-47H2,1-2H3,(H,56,59)/b17-15-,23-21-. The molecule has 1 fully saturated rings. The van der Waals surface area contributed by atoms with Crippen molar-refractivity contribution in [3.05, 3.63) is 24.3 Å². The van der Waals surface area contributed by atoms with Gasteiger partial charge in [-0.1, -0.05) is 237 Å². The summed E-state index contributed by atoms with van der Waals surface area (Å²) in [6.07, 6.45) is 49.0. The summed E-state index contributed by atoms with van der Waals surface area (Å²) in [4.78, 5) is 13.1. The second-order valence-corrected chi connectivity index (χ2v) is 19.4. The number of carbonyl (C=O) groups is 1. The number of hydrogen-bond donors (Lipinski definition) is 6. The number of allylic oxidation sites excluding steroid dienone is 4. The van der Waals surface area contributed by atoms with Crippen LogP contribution in [0.3, 0.4) is 0 Å². The molecule has 1 heterocycles. The molecule has 9 heteroatoms. The molecule has 0 saturated carbocycles. The van der Waals surface area contributed by atoms with Gasteiger partial charge in [0.25, 0.3) is 0 Å². The third-order valence-corrected chi connectivity index (χ3v) is 13.3. The highest BCUT2D eigenvalue weighted by atomic mass is 16.7. The van der Waals surface area contributed by atoms with Gasteiger partial charge in [0.05, 0.1) is 25.4 Å². The summed E-state index contributed by atoms with van der Waals surface area (Å²) in [6, 6.07) is -0.720. The van der Waals surface area contributed by atoms with E-state index in [4.69, 9.17) is 9.47 Å². The number of ether oxygens (including phenoxy) is 2. The smallest absolute Gasteiger partial charge is 0.220 e. The van der Waals surface area contributed by atoms with Crippen molar-refractivity contribution in [3.63, 3.8) is 0 Å². The maximum Gasteiger partial charge on any atom is 0.220 e. The molecule has 9 nitrogen and oxygen atoms in total. The van der Waals surface area contributed by atoms with E-state index >= 15 is 0 Å². The van der Waals surface area contributed by atoms with Crippen LogP contribution in [0, 0.1) is 0 Å². The second kappa shape index (κ2) is 45.5. The van der Waals surface area contributed by atoms with Gasteiger partial charge in [-0.25, -0.2) is 0 Å². The molecular weight excluding hydrogens is 803 g/mol. The van der Waals surface area contributed by atoms with Crippen molar-refractivity contribution in [2.45, 2.75) is 307 Å². The van der Waals surface area contributed by atoms with E-state index in [2.05, 4.69) is 43.5 Å². The van der Waals surface area contributed by atoms with Crippen LogP contribution >= 0.6 is 0 Å². The van der Waals surface area contributed by atoms with Gasteiger partial charge < -0.3 is 40.3 Å². The average molecular weight is 908 g/mol. The maximum atomic E-state index is 13.1. The van der Waals surface area contributed by atoms with Crippen molar-refractivity contribution in [1.29, 1.82) is 0 Å². The molecule has 0 radical (unpaired) electrons. The summed E-state index contributed by atoms with van der Waals surface area (Å²) >= 11 is 0. The summed E-state index contributed by atoms with van der Waals surface area (Å²) in [5, 5.41) is 54.6. The van der Waals surface area contributed by atoms with Gasteiger partial charge in [-0.3, -0.25) is 4.79 Å². The van der Waals surface area contributed by atoms with Crippen molar-refractivity contribution in [1.82, 2.24) is 5.32 Å². The minimum absolute atomic E-state index is 0.137. The van der Waals surface area contributed by atoms with E-state index < -0.39 is 49.5 Å². The number of rotatable bonds is 47. The van der Waals surface area contributed by atoms with E-state index in [1.54, 1.807) is 0 Å². The fraction of sp³-hybridized carbons (Fsp3) is 0.909. The first-order valence-corrected chi connectivity index (χ1v) is 27.5. The Bertz CT molecular complexity index is 1060. The van der Waals surface area contributed by atoms with Crippen LogP contribution in [0.25, 0.3) is 0 Å². The van der Waals surface area contributed by atoms with Crippen LogP contribution in [-0.4, -0.2) is 87.5 Å². The number of unbranched alkanes of at least 4 members (excludes halogenated alkanes) is 33. The number of nitrogens with one attached hydrogen (secondary N) is 1. The Kier molecular flexibility index (Phi) is 43.1. The number of aliphatic hydroxyl groups is 5. The third-order valence-electron chi connectivity index (χ3n) is 13.3. The molecule has 1 rings (SSSR count). The monoisotopic (exact) mass is 908 g/mol. The zero-order chi connectivity index (χ0) is 46.6. The summed E-state index contributed by atoms with van der Waals surface area (Å²) in [6.45, 7) is 3.85. The van der Waals surface area contributed by atoms with Crippen LogP contribution in [0.15, 0.2) is 24.3 Å². The topological polar surface area (TPSA) is 149 Å². The van der Waals surface area contributed by atoms with Crippen molar-refractivity contribution in [2.24, 2.45) is 0 Å². The Hall–Kier alpha value is -1.33. The largest absolute Gasteiger partial charge is 0.394 e. The molecule has 0 aliphatic carbocycles. The first kappa shape index (κ1) is 60.7. The summed E-state index contributed by atoms with van der Waals surface area (Å²) in [7, 11) is 0. The van der Waals surface area contributed by atoms with Gasteiger partial charge in [0.2, 0.25) is 5.91 Å². The molecule has 1 amide bonds. The number of hydrogen-bond acceptors (Lipinski definition) is 8. The molecule has 0 aromatic carbocycles. The van der Waals surface area contributed by atoms with Gasteiger partial charge in [-0.2, -0.15) is 0 Å². The van der Waals surface area contributed by atoms with Crippen LogP contribution in [0.1, 0.15) is 264 Å². The molecule has 0 bridgehead atoms. The van der Waals surface area contributed by atoms with Crippen molar-refractivity contribution in [3.8, 4) is 0 Å². The molecule has 0 aromatic heterocycles. The van der Waals surface area contributed by atoms with Gasteiger partial charge in [-0.15, -0.1) is 0 Å². The highest BCUT2D eigenvalue weighted by Crippen LogP contribution is 2.23. The van der Waals surface area contributed by atoms with Crippen molar-refractivity contribution < 1.29 is 39.8 Å². The summed E-state index contributed by atoms with van der Waals surface area (Å²) in [5.74, 6) is -0.146. The molecule has 378 valence electrons. The molecule has 64 heavy (non-hydrogen) atoms. The number of aliphatic hydroxyl groups excluding tert-OH is 5. The van der Waals surface area contributed by atoms with E-state index in [0.717, 1.165) is 44.9 Å². The predicted molar refractivity (Wildman–Crippen MR) is 267 cm³/mol. The fourth-order valence-corrected chi connectivity index (χ4v) is 8.90. The Morgan fingerprint density at radius 1 is 0.531 bits per heavy atom. The van der Waals surface area contributed by atoms with Crippen LogP contribution in [0.2, 0.25) is 0 Å². The van der Waals surface area contributed by atoms with Gasteiger partial charge in [-0.05, 0) is 44.9 Å². The Morgan fingerprint density at radius 3 is 1.34 bits per heavy atom. The first-order chi connectivity index (χ1) is 31.3. The SMILES string of the molecule is CCCCCCC/C=C\C/C=C\CCCCCCCCCCCC(=O)NC(COC1OC(CO)C(O)C(O)C1O)C(O)CCCCCCCCCCCCCCCCCCCCCC. The van der Waals surface area contributed by atoms with E-state index in [1.165, 1.54) is 193 Å². The number of carbonyl (C=O) groups excluding carboxylic acids is 1. The lowest BCUT2D eigenvalue weighted by atomic mass is 9.99. The number of amides is 1. The zero-order valence-corrected chi connectivity index (χ0v) is 41.8. The Morgan fingerprint density at radius 2 is 0.922 bits per heavy atom. The second-order valence-electron chi connectivity index (χ2n) is 19.4. The normalized spacial score (nSPS) is 20.1. The van der Waals surface area contributed by atoms with Crippen LogP contribution in [-0.2, 0) is 14.3 Å². The highest BCUT2D eigenvalue weighted by molar-refractivity contribution is 5.76. The lowest BCUT2D eigenvalue weighted by Gasteiger charge is -2.40. The molecule has 1 aliphatic heterocycles. The minimum atomic E-state index is -1.55. The highest BCUT2D eigenvalue weighted by Gasteiger charge is 2.44. The van der Waals surface area contributed by atoms with Crippen molar-refractivity contribution >= 4 is 5.91 Å². The quantitative estimate of drug-likeness (QED) is 0.0261. The molecule has 6 N–H and O–H groups in total. The Balaban J connectivity index is 2.24. The van der Waals surface area contributed by atoms with Gasteiger partial charge >= 0.3 is 0 Å². The van der Waals surface area contributed by atoms with Gasteiger partial charge in [0, 0.05) is 6.42 Å². The predicted octanol–water partition coefficient (Wildman–Crippen LogP) is 13.0. The lowest BCUT2D eigenvalue weighted by molar-refractivity contribution is -0.302. The van der Waals surface area contributed by atoms with Crippen LogP contribution < -0.4 is 5.32 Å². The van der Waals surface area contributed by atoms with Crippen molar-refractivity contribution in [2.75, 3.05) is 13.2 Å². The summed E-state index contributed by atoms with van der Waals surface area (Å²) in [5.41, 5.74) is 0. The van der Waals surface area contributed by atoms with E-state index in [-0.39, 0.29) is 12.5 Å². The Labute approximate surface area is 394 Å². The van der Waals surface area contributed by atoms with Gasteiger partial charge in [0.15, 0.2) is 6.29 Å². The molecule has 1 saturated heterocycles. The molecular formula is C55H105NO8. The van der Waals surface area contributed by atoms with E-state index in [1.807, 2.05) is 0 Å².